The molecule has 1 fully saturated rings. The Labute approximate surface area is 535 Å². The Balaban J connectivity index is 3.13. The summed E-state index contributed by atoms with van der Waals surface area (Å²) in [7, 11) is 0. The fourth-order valence-corrected chi connectivity index (χ4v) is 9.05. The predicted molar refractivity (Wildman–Crippen MR) is 332 cm³/mol. The summed E-state index contributed by atoms with van der Waals surface area (Å²) < 4.78 is 11.6. The average molecular weight is 1310 g/mol. The van der Waals surface area contributed by atoms with Gasteiger partial charge >= 0.3 is 5.97 Å². The first-order chi connectivity index (χ1) is 42.8. The number of hydrogen-bond acceptors (Lipinski definition) is 20. The van der Waals surface area contributed by atoms with Crippen LogP contribution < -0.4 is 76.1 Å². The zero-order chi connectivity index (χ0) is 70.1. The van der Waals surface area contributed by atoms with Crippen molar-refractivity contribution in [2.24, 2.45) is 51.6 Å². The van der Waals surface area contributed by atoms with Crippen LogP contribution in [0, 0.1) is 23.7 Å². The van der Waals surface area contributed by atoms with Crippen molar-refractivity contribution in [1.82, 2.24) is 53.2 Å². The monoisotopic (exact) mass is 1310 g/mol. The number of nitrogens with zero attached hydrogens (tertiary/aromatic N) is 1. The molecule has 15 atom stereocenters. The number of aliphatic hydroxyl groups is 4. The highest BCUT2D eigenvalue weighted by Crippen LogP contribution is 2.25. The van der Waals surface area contributed by atoms with Crippen LogP contribution in [-0.2, 0) is 67.0 Å². The number of aliphatic imine (C=N–C) groups is 1. The number of cyclic esters (lactones) is 1. The summed E-state index contributed by atoms with van der Waals surface area (Å²) in [6, 6.07) is -11.2. The number of primary amides is 1. The number of guanidine groups is 1. The lowest BCUT2D eigenvalue weighted by Crippen LogP contribution is -2.64. The SMILES string of the molecule is CC[C@H](C)C1NC(=O)[C@@H](CCCN=C(N)N)NC(=O)[C@H](CC(C)C)NC(=O)[C@H]([C@H](O)C(C)C)NC(=O)[C@@H](NC(=O)[C@H](CC(C)C)NC(=O)[C@H](N)COC(C)(C)C)[C@@H](c2ccccc2)OC(=O)[C@H](CO)NC(=O)[C@H]([C@H](O)C(N)=O)NC(=O)CNC(=O)C([C@H](C)O)NC1=O. The molecule has 92 heavy (non-hydrogen) atoms. The third-order valence-corrected chi connectivity index (χ3v) is 14.4. The van der Waals surface area contributed by atoms with Gasteiger partial charge in [-0.25, -0.2) is 4.79 Å². The molecule has 2 rings (SSSR count). The molecule has 33 nitrogen and oxygen atoms in total. The van der Waals surface area contributed by atoms with E-state index in [9.17, 15) is 73.2 Å². The minimum atomic E-state index is -2.58. The minimum Gasteiger partial charge on any atom is -0.453 e. The van der Waals surface area contributed by atoms with Crippen molar-refractivity contribution in [2.75, 3.05) is 26.3 Å². The molecule has 11 amide bonds. The summed E-state index contributed by atoms with van der Waals surface area (Å²) >= 11 is 0. The van der Waals surface area contributed by atoms with Crippen LogP contribution in [-0.4, -0.2) is 208 Å². The maximum Gasteiger partial charge on any atom is 0.331 e. The van der Waals surface area contributed by atoms with Gasteiger partial charge in [0.2, 0.25) is 65.0 Å². The van der Waals surface area contributed by atoms with E-state index >= 15 is 4.79 Å². The zero-order valence-corrected chi connectivity index (χ0v) is 54.4. The minimum absolute atomic E-state index is 0.0410. The van der Waals surface area contributed by atoms with Gasteiger partial charge in [-0.3, -0.25) is 57.7 Å². The summed E-state index contributed by atoms with van der Waals surface area (Å²) in [5, 5.41) is 68.0. The van der Waals surface area contributed by atoms with E-state index in [1.807, 2.05) is 10.6 Å². The Bertz CT molecular complexity index is 2710. The van der Waals surface area contributed by atoms with Crippen LogP contribution in [0.5, 0.6) is 0 Å². The van der Waals surface area contributed by atoms with Gasteiger partial charge in [0.15, 0.2) is 24.2 Å². The van der Waals surface area contributed by atoms with Gasteiger partial charge in [-0.15, -0.1) is 0 Å². The molecular weight excluding hydrogens is 1210 g/mol. The number of amides is 11. The second-order valence-electron chi connectivity index (χ2n) is 24.8. The van der Waals surface area contributed by atoms with Crippen molar-refractivity contribution >= 4 is 76.9 Å². The number of nitrogens with two attached hydrogens (primary N) is 4. The Morgan fingerprint density at radius 3 is 1.78 bits per heavy atom. The first kappa shape index (κ1) is 80.0. The lowest BCUT2D eigenvalue weighted by atomic mass is 9.95. The fraction of sp³-hybridized carbons (Fsp3) is 0.678. The van der Waals surface area contributed by atoms with Gasteiger partial charge in [-0.05, 0) is 82.6 Å². The molecule has 1 aromatic carbocycles. The number of ether oxygens (including phenoxy) is 2. The van der Waals surface area contributed by atoms with Crippen molar-refractivity contribution in [3.63, 3.8) is 0 Å². The standard InChI is InChI=1S/C59H99N15O18/c1-13-30(8)39-53(86)72-40(31(9)76)52(85)65-24-38(77)70-42(45(79)47(61)80)55(88)69-37(25-75)57(90)92-46(32-18-15-14-16-19-32)43(74-51(84)36(23-28(4)5)67-48(81)33(60)26-91-59(10,11)12)56(89)73-41(44(78)29(6)7)54(87)68-35(22-27(2)3)50(83)66-34(49(82)71-39)20-17-21-64-58(62)63/h14-16,18-19,27-31,33-37,39-46,75-76,78-79H,13,17,20-26,60H2,1-12H3,(H2,61,80)(H,65,85)(H,66,83)(H,67,81)(H,68,87)(H,69,88)(H,70,77)(H,71,82)(H,72,86)(H,73,89)(H,74,84)(H4,62,63,64)/t30-,31-,33+,34+,35-,36-,37-,39?,40?,41-,42-,43-,44+,45-,46+/m0/s1. The van der Waals surface area contributed by atoms with Gasteiger partial charge in [0, 0.05) is 6.54 Å². The van der Waals surface area contributed by atoms with Gasteiger partial charge in [0.05, 0.1) is 37.6 Å². The molecule has 0 spiro atoms. The Morgan fingerprint density at radius 1 is 0.696 bits per heavy atom. The van der Waals surface area contributed by atoms with Crippen molar-refractivity contribution in [1.29, 1.82) is 0 Å². The van der Waals surface area contributed by atoms with E-state index in [1.165, 1.54) is 44.2 Å². The van der Waals surface area contributed by atoms with Gasteiger partial charge in [0.25, 0.3) is 0 Å². The number of hydrogen-bond donors (Lipinski definition) is 18. The lowest BCUT2D eigenvalue weighted by Gasteiger charge is -2.34. The predicted octanol–water partition coefficient (Wildman–Crippen LogP) is -5.67. The Hall–Kier alpha value is -8.11. The maximum absolute atomic E-state index is 15.4. The molecule has 1 heterocycles. The van der Waals surface area contributed by atoms with Gasteiger partial charge in [-0.2, -0.15) is 0 Å². The molecule has 0 saturated carbocycles. The Kier molecular flexibility index (Phi) is 33.1. The molecule has 1 aliphatic heterocycles. The molecular formula is C59H99N15O18. The van der Waals surface area contributed by atoms with Crippen LogP contribution in [0.15, 0.2) is 35.3 Å². The van der Waals surface area contributed by atoms with E-state index in [-0.39, 0.29) is 62.7 Å². The third-order valence-electron chi connectivity index (χ3n) is 14.4. The maximum atomic E-state index is 15.4. The van der Waals surface area contributed by atoms with Crippen LogP contribution in [0.3, 0.4) is 0 Å². The highest BCUT2D eigenvalue weighted by molar-refractivity contribution is 6.00. The van der Waals surface area contributed by atoms with Crippen molar-refractivity contribution < 1.29 is 87.4 Å². The molecule has 22 N–H and O–H groups in total. The molecule has 0 radical (unpaired) electrons. The highest BCUT2D eigenvalue weighted by atomic mass is 16.5. The van der Waals surface area contributed by atoms with Crippen LogP contribution in [0.1, 0.15) is 127 Å². The van der Waals surface area contributed by atoms with E-state index < -0.39 is 192 Å². The molecule has 1 aromatic rings. The Morgan fingerprint density at radius 2 is 1.25 bits per heavy atom. The number of benzene rings is 1. The van der Waals surface area contributed by atoms with Gasteiger partial charge in [-0.1, -0.05) is 92.1 Å². The molecule has 1 aliphatic rings. The van der Waals surface area contributed by atoms with E-state index in [0.717, 1.165) is 6.92 Å². The van der Waals surface area contributed by atoms with Crippen molar-refractivity contribution in [3.05, 3.63) is 35.9 Å². The quantitative estimate of drug-likeness (QED) is 0.0210. The fourth-order valence-electron chi connectivity index (χ4n) is 9.05. The first-order valence-corrected chi connectivity index (χ1v) is 30.5. The molecule has 33 heteroatoms. The average Bonchev–Trinajstić information content (AvgIpc) is 0.904. The molecule has 1 saturated heterocycles. The molecule has 518 valence electrons. The lowest BCUT2D eigenvalue weighted by molar-refractivity contribution is -0.159. The number of carbonyl (C=O) groups excluding carboxylic acids is 12. The van der Waals surface area contributed by atoms with E-state index in [2.05, 4.69) is 47.5 Å². The van der Waals surface area contributed by atoms with E-state index in [1.54, 1.807) is 62.3 Å². The summed E-state index contributed by atoms with van der Waals surface area (Å²) in [6.07, 6.45) is -8.36. The molecule has 0 bridgehead atoms. The smallest absolute Gasteiger partial charge is 0.331 e. The number of nitrogens with one attached hydrogen (secondary N) is 10. The van der Waals surface area contributed by atoms with Crippen LogP contribution in [0.2, 0.25) is 0 Å². The van der Waals surface area contributed by atoms with Gasteiger partial charge in [0.1, 0.15) is 54.4 Å². The number of carbonyl (C=O) groups is 12. The topological polar surface area (TPSA) is 541 Å². The molecule has 0 aliphatic carbocycles. The molecule has 0 aromatic heterocycles. The second kappa shape index (κ2) is 38.0. The first-order valence-electron chi connectivity index (χ1n) is 30.5. The zero-order valence-electron chi connectivity index (χ0n) is 54.4. The normalized spacial score (nSPS) is 24.6. The second-order valence-corrected chi connectivity index (χ2v) is 24.8. The third kappa shape index (κ3) is 26.6. The van der Waals surface area contributed by atoms with Crippen LogP contribution in [0.4, 0.5) is 0 Å². The summed E-state index contributed by atoms with van der Waals surface area (Å²) in [6.45, 7) is 16.5. The van der Waals surface area contributed by atoms with E-state index in [4.69, 9.17) is 32.4 Å². The number of aliphatic hydroxyl groups excluding tert-OH is 4. The number of rotatable bonds is 23. The number of esters is 1. The molecule has 2 unspecified atom stereocenters. The van der Waals surface area contributed by atoms with Crippen molar-refractivity contribution in [3.8, 4) is 0 Å². The summed E-state index contributed by atoms with van der Waals surface area (Å²) in [5.41, 5.74) is 21.8. The van der Waals surface area contributed by atoms with E-state index in [0.29, 0.717) is 0 Å². The summed E-state index contributed by atoms with van der Waals surface area (Å²) in [5.74, 6) is -17.4. The summed E-state index contributed by atoms with van der Waals surface area (Å²) in [4.78, 5) is 174. The van der Waals surface area contributed by atoms with Crippen LogP contribution >= 0.6 is 0 Å². The van der Waals surface area contributed by atoms with Gasteiger partial charge < -0.3 is 106 Å². The largest absolute Gasteiger partial charge is 0.453 e. The van der Waals surface area contributed by atoms with Crippen molar-refractivity contribution in [2.45, 2.75) is 206 Å². The highest BCUT2D eigenvalue weighted by Gasteiger charge is 2.44. The van der Waals surface area contributed by atoms with Crippen LogP contribution in [0.25, 0.3) is 0 Å².